The summed E-state index contributed by atoms with van der Waals surface area (Å²) in [5, 5.41) is 0.684. The second-order valence-corrected chi connectivity index (χ2v) is 6.54. The van der Waals surface area contributed by atoms with Gasteiger partial charge in [-0.05, 0) is 59.7 Å². The Kier molecular flexibility index (Phi) is 5.27. The molecular weight excluding hydrogens is 397 g/mol. The van der Waals surface area contributed by atoms with Crippen LogP contribution in [0.3, 0.4) is 0 Å². The van der Waals surface area contributed by atoms with Crippen LogP contribution in [0.15, 0.2) is 42.5 Å². The van der Waals surface area contributed by atoms with Crippen molar-refractivity contribution in [2.24, 2.45) is 0 Å². The lowest BCUT2D eigenvalue weighted by Crippen LogP contribution is -2.30. The van der Waals surface area contributed by atoms with Crippen LogP contribution in [-0.4, -0.2) is 17.9 Å². The number of halogens is 2. The number of carbonyl (C=O) groups is 1. The summed E-state index contributed by atoms with van der Waals surface area (Å²) in [5.41, 5.74) is 2.80. The van der Waals surface area contributed by atoms with E-state index in [-0.39, 0.29) is 11.9 Å². The summed E-state index contributed by atoms with van der Waals surface area (Å²) in [7, 11) is 1.81. The Morgan fingerprint density at radius 3 is 2.52 bits per heavy atom. The highest BCUT2D eigenvalue weighted by molar-refractivity contribution is 14.1. The maximum absolute atomic E-state index is 12.7. The number of nitrogens with zero attached hydrogens (tertiary/aromatic N) is 1. The minimum atomic E-state index is -0.0810. The number of rotatable bonds is 3. The first-order chi connectivity index (χ1) is 9.93. The summed E-state index contributed by atoms with van der Waals surface area (Å²) in [6.07, 6.45) is 0. The van der Waals surface area contributed by atoms with E-state index in [1.807, 2.05) is 63.4 Å². The smallest absolute Gasteiger partial charge is 0.255 e. The van der Waals surface area contributed by atoms with E-state index in [2.05, 4.69) is 22.6 Å². The van der Waals surface area contributed by atoms with Gasteiger partial charge in [0.2, 0.25) is 0 Å². The lowest BCUT2D eigenvalue weighted by molar-refractivity contribution is 0.0741. The van der Waals surface area contributed by atoms with Gasteiger partial charge in [-0.15, -0.1) is 0 Å². The number of aryl methyl sites for hydroxylation is 1. The standard InChI is InChI=1S/C17H17ClINO/c1-11-7-6-9-14(16(11)19)17(21)20(3)12(2)13-8-4-5-10-15(13)18/h4-10,12H,1-3H3. The lowest BCUT2D eigenvalue weighted by Gasteiger charge is -2.26. The van der Waals surface area contributed by atoms with E-state index in [4.69, 9.17) is 11.6 Å². The largest absolute Gasteiger partial charge is 0.335 e. The summed E-state index contributed by atoms with van der Waals surface area (Å²) in [4.78, 5) is 14.5. The molecule has 1 unspecified atom stereocenters. The van der Waals surface area contributed by atoms with E-state index in [0.717, 1.165) is 20.3 Å². The molecule has 0 spiro atoms. The summed E-state index contributed by atoms with van der Waals surface area (Å²) in [6, 6.07) is 13.3. The maximum atomic E-state index is 12.7. The van der Waals surface area contributed by atoms with E-state index in [1.54, 1.807) is 4.90 Å². The fraction of sp³-hybridized carbons (Fsp3) is 0.235. The molecule has 110 valence electrons. The van der Waals surface area contributed by atoms with Gasteiger partial charge in [-0.2, -0.15) is 0 Å². The number of carbonyl (C=O) groups excluding carboxylic acids is 1. The Morgan fingerprint density at radius 2 is 1.86 bits per heavy atom. The lowest BCUT2D eigenvalue weighted by atomic mass is 10.1. The topological polar surface area (TPSA) is 20.3 Å². The second-order valence-electron chi connectivity index (χ2n) is 5.05. The first kappa shape index (κ1) is 16.3. The van der Waals surface area contributed by atoms with E-state index >= 15 is 0 Å². The number of hydrogen-bond acceptors (Lipinski definition) is 1. The zero-order valence-electron chi connectivity index (χ0n) is 12.2. The molecule has 0 saturated heterocycles. The van der Waals surface area contributed by atoms with Gasteiger partial charge in [-0.1, -0.05) is 41.9 Å². The summed E-state index contributed by atoms with van der Waals surface area (Å²) < 4.78 is 0.998. The van der Waals surface area contributed by atoms with Crippen molar-refractivity contribution in [3.63, 3.8) is 0 Å². The van der Waals surface area contributed by atoms with Crippen LogP contribution in [0, 0.1) is 10.5 Å². The normalized spacial score (nSPS) is 12.0. The van der Waals surface area contributed by atoms with Crippen LogP contribution in [0.5, 0.6) is 0 Å². The molecule has 0 N–H and O–H groups in total. The molecule has 0 aliphatic carbocycles. The molecule has 2 nitrogen and oxygen atoms in total. The van der Waals surface area contributed by atoms with Crippen molar-refractivity contribution in [2.45, 2.75) is 19.9 Å². The molecule has 4 heteroatoms. The van der Waals surface area contributed by atoms with Gasteiger partial charge in [-0.3, -0.25) is 4.79 Å². The average Bonchev–Trinajstić information content (AvgIpc) is 2.48. The van der Waals surface area contributed by atoms with Crippen molar-refractivity contribution in [2.75, 3.05) is 7.05 Å². The van der Waals surface area contributed by atoms with Crippen molar-refractivity contribution in [1.82, 2.24) is 4.90 Å². The van der Waals surface area contributed by atoms with Gasteiger partial charge < -0.3 is 4.90 Å². The van der Waals surface area contributed by atoms with Crippen molar-refractivity contribution in [1.29, 1.82) is 0 Å². The van der Waals surface area contributed by atoms with Gasteiger partial charge >= 0.3 is 0 Å². The summed E-state index contributed by atoms with van der Waals surface area (Å²) in [5.74, 6) is 0.00974. The van der Waals surface area contributed by atoms with Gasteiger partial charge in [0.1, 0.15) is 0 Å². The van der Waals surface area contributed by atoms with Crippen LogP contribution in [-0.2, 0) is 0 Å². The number of benzene rings is 2. The highest BCUT2D eigenvalue weighted by Crippen LogP contribution is 2.28. The molecule has 2 aromatic rings. The molecule has 0 aromatic heterocycles. The molecule has 1 amide bonds. The predicted molar refractivity (Wildman–Crippen MR) is 95.9 cm³/mol. The molecule has 0 radical (unpaired) electrons. The fourth-order valence-corrected chi connectivity index (χ4v) is 3.08. The molecular formula is C17H17ClINO. The molecule has 21 heavy (non-hydrogen) atoms. The molecule has 2 aromatic carbocycles. The van der Waals surface area contributed by atoms with Gasteiger partial charge in [0, 0.05) is 15.6 Å². The first-order valence-electron chi connectivity index (χ1n) is 6.70. The molecule has 0 fully saturated rings. The zero-order chi connectivity index (χ0) is 15.6. The third-order valence-electron chi connectivity index (χ3n) is 3.68. The van der Waals surface area contributed by atoms with Gasteiger partial charge in [-0.25, -0.2) is 0 Å². The SMILES string of the molecule is Cc1cccc(C(=O)N(C)C(C)c2ccccc2Cl)c1I. The van der Waals surface area contributed by atoms with Gasteiger partial charge in [0.25, 0.3) is 5.91 Å². The van der Waals surface area contributed by atoms with Crippen molar-refractivity contribution < 1.29 is 4.79 Å². The average molecular weight is 414 g/mol. The van der Waals surface area contributed by atoms with Crippen molar-refractivity contribution in [3.05, 3.63) is 67.7 Å². The Balaban J connectivity index is 2.31. The molecule has 0 heterocycles. The van der Waals surface area contributed by atoms with Crippen LogP contribution in [0.4, 0.5) is 0 Å². The van der Waals surface area contributed by atoms with E-state index < -0.39 is 0 Å². The number of amides is 1. The first-order valence-corrected chi connectivity index (χ1v) is 8.16. The molecule has 0 aliphatic heterocycles. The monoisotopic (exact) mass is 413 g/mol. The summed E-state index contributed by atoms with van der Waals surface area (Å²) >= 11 is 8.46. The zero-order valence-corrected chi connectivity index (χ0v) is 15.1. The Hall–Kier alpha value is -1.07. The fourth-order valence-electron chi connectivity index (χ4n) is 2.20. The third-order valence-corrected chi connectivity index (χ3v) is 5.45. The highest BCUT2D eigenvalue weighted by Gasteiger charge is 2.22. The Bertz CT molecular complexity index is 672. The minimum absolute atomic E-state index is 0.00974. The van der Waals surface area contributed by atoms with Crippen LogP contribution >= 0.6 is 34.2 Å². The molecule has 2 rings (SSSR count). The van der Waals surface area contributed by atoms with Crippen molar-refractivity contribution in [3.8, 4) is 0 Å². The van der Waals surface area contributed by atoms with Crippen LogP contribution < -0.4 is 0 Å². The highest BCUT2D eigenvalue weighted by atomic mass is 127. The summed E-state index contributed by atoms with van der Waals surface area (Å²) in [6.45, 7) is 4.00. The second kappa shape index (κ2) is 6.79. The predicted octanol–water partition coefficient (Wildman–Crippen LogP) is 5.09. The molecule has 1 atom stereocenters. The van der Waals surface area contributed by atoms with Crippen LogP contribution in [0.25, 0.3) is 0 Å². The molecule has 0 aliphatic rings. The van der Waals surface area contributed by atoms with Crippen molar-refractivity contribution >= 4 is 40.1 Å². The van der Waals surface area contributed by atoms with Crippen LogP contribution in [0.2, 0.25) is 5.02 Å². The van der Waals surface area contributed by atoms with E-state index in [0.29, 0.717) is 5.02 Å². The Morgan fingerprint density at radius 1 is 1.19 bits per heavy atom. The molecule has 0 bridgehead atoms. The van der Waals surface area contributed by atoms with Crippen LogP contribution in [0.1, 0.15) is 34.5 Å². The van der Waals surface area contributed by atoms with Gasteiger partial charge in [0.05, 0.1) is 11.6 Å². The van der Waals surface area contributed by atoms with E-state index in [1.165, 1.54) is 0 Å². The Labute approximate surface area is 144 Å². The molecule has 0 saturated carbocycles. The minimum Gasteiger partial charge on any atom is -0.335 e. The number of hydrogen-bond donors (Lipinski definition) is 0. The van der Waals surface area contributed by atoms with Gasteiger partial charge in [0.15, 0.2) is 0 Å². The quantitative estimate of drug-likeness (QED) is 0.642. The van der Waals surface area contributed by atoms with E-state index in [9.17, 15) is 4.79 Å². The third kappa shape index (κ3) is 3.40. The maximum Gasteiger partial charge on any atom is 0.255 e.